The smallest absolute Gasteiger partial charge is 0.136 e. The van der Waals surface area contributed by atoms with Gasteiger partial charge in [0.25, 0.3) is 0 Å². The zero-order chi connectivity index (χ0) is 34.6. The van der Waals surface area contributed by atoms with Gasteiger partial charge in [-0.1, -0.05) is 140 Å². The molecule has 0 bridgehead atoms. The van der Waals surface area contributed by atoms with Crippen molar-refractivity contribution in [3.63, 3.8) is 0 Å². The van der Waals surface area contributed by atoms with Crippen molar-refractivity contribution in [1.29, 1.82) is 0 Å². The average Bonchev–Trinajstić information content (AvgIpc) is 3.60. The van der Waals surface area contributed by atoms with Crippen LogP contribution in [-0.4, -0.2) is 9.97 Å². The summed E-state index contributed by atoms with van der Waals surface area (Å²) in [4.78, 5) is 10.6. The van der Waals surface area contributed by atoms with Crippen LogP contribution in [0.3, 0.4) is 0 Å². The van der Waals surface area contributed by atoms with Crippen LogP contribution in [-0.2, 0) is 0 Å². The van der Waals surface area contributed by atoms with Gasteiger partial charge in [0, 0.05) is 32.7 Å². The molecule has 0 unspecified atom stereocenters. The van der Waals surface area contributed by atoms with Gasteiger partial charge in [-0.25, -0.2) is 9.97 Å². The average molecular weight is 673 g/mol. The number of rotatable bonds is 2. The van der Waals surface area contributed by atoms with Crippen LogP contribution < -0.4 is 0 Å². The third kappa shape index (κ3) is 4.10. The fourth-order valence-electron chi connectivity index (χ4n) is 8.76. The lowest BCUT2D eigenvalue weighted by Gasteiger charge is -2.13. The summed E-state index contributed by atoms with van der Waals surface area (Å²) < 4.78 is 6.89. The zero-order valence-electron chi connectivity index (χ0n) is 28.5. The molecule has 53 heavy (non-hydrogen) atoms. The first-order valence-corrected chi connectivity index (χ1v) is 18.1. The highest BCUT2D eigenvalue weighted by atomic mass is 16.3. The van der Waals surface area contributed by atoms with Gasteiger partial charge in [0.15, 0.2) is 0 Å². The molecule has 0 aliphatic carbocycles. The van der Waals surface area contributed by atoms with Gasteiger partial charge in [0.1, 0.15) is 11.2 Å². The van der Waals surface area contributed by atoms with Gasteiger partial charge in [-0.15, -0.1) is 0 Å². The molecule has 9 aromatic carbocycles. The van der Waals surface area contributed by atoms with E-state index in [1.54, 1.807) is 0 Å². The van der Waals surface area contributed by atoms with Gasteiger partial charge in [-0.05, 0) is 84.2 Å². The summed E-state index contributed by atoms with van der Waals surface area (Å²) in [5, 5.41) is 16.5. The first kappa shape index (κ1) is 28.6. The number of fused-ring (bicyclic) bond motifs is 16. The van der Waals surface area contributed by atoms with Crippen LogP contribution in [0.5, 0.6) is 0 Å². The van der Waals surface area contributed by atoms with Crippen LogP contribution in [0.4, 0.5) is 0 Å². The van der Waals surface area contributed by atoms with E-state index in [-0.39, 0.29) is 0 Å². The van der Waals surface area contributed by atoms with Crippen molar-refractivity contribution < 1.29 is 4.42 Å². The molecule has 0 amide bonds. The molecule has 12 aromatic rings. The predicted molar refractivity (Wildman–Crippen MR) is 223 cm³/mol. The Morgan fingerprint density at radius 1 is 0.321 bits per heavy atom. The molecule has 0 saturated carbocycles. The number of benzene rings is 9. The predicted octanol–water partition coefficient (Wildman–Crippen LogP) is 13.8. The molecule has 0 aliphatic heterocycles. The Kier molecular flexibility index (Phi) is 5.77. The van der Waals surface area contributed by atoms with Crippen LogP contribution in [0.2, 0.25) is 0 Å². The second kappa shape index (κ2) is 10.7. The summed E-state index contributed by atoms with van der Waals surface area (Å²) in [6, 6.07) is 60.6. The molecular weight excluding hydrogens is 645 g/mol. The summed E-state index contributed by atoms with van der Waals surface area (Å²) in [6.45, 7) is 0. The molecule has 3 heteroatoms. The monoisotopic (exact) mass is 672 g/mol. The van der Waals surface area contributed by atoms with Gasteiger partial charge >= 0.3 is 0 Å². The molecule has 0 atom stereocenters. The minimum atomic E-state index is 0.853. The lowest BCUT2D eigenvalue weighted by molar-refractivity contribution is 0.670. The van der Waals surface area contributed by atoms with E-state index in [0.29, 0.717) is 0 Å². The minimum Gasteiger partial charge on any atom is -0.456 e. The number of pyridine rings is 2. The highest BCUT2D eigenvalue weighted by Gasteiger charge is 2.20. The van der Waals surface area contributed by atoms with Crippen LogP contribution >= 0.6 is 0 Å². The van der Waals surface area contributed by atoms with E-state index in [1.807, 2.05) is 6.07 Å². The van der Waals surface area contributed by atoms with Crippen LogP contribution in [0.25, 0.3) is 120 Å². The first-order chi connectivity index (χ1) is 26.3. The maximum absolute atomic E-state index is 6.89. The Bertz CT molecular complexity index is 3510. The minimum absolute atomic E-state index is 0.853. The summed E-state index contributed by atoms with van der Waals surface area (Å²) in [5.74, 6) is 0. The summed E-state index contributed by atoms with van der Waals surface area (Å²) in [5.41, 5.74) is 7.48. The molecule has 3 nitrogen and oxygen atoms in total. The Balaban J connectivity index is 1.19. The van der Waals surface area contributed by atoms with Crippen molar-refractivity contribution >= 4 is 97.6 Å². The zero-order valence-corrected chi connectivity index (χ0v) is 28.5. The maximum Gasteiger partial charge on any atom is 0.136 e. The third-order valence-electron chi connectivity index (χ3n) is 11.2. The number of hydrogen-bond donors (Lipinski definition) is 0. The van der Waals surface area contributed by atoms with E-state index < -0.39 is 0 Å². The fourth-order valence-corrected chi connectivity index (χ4v) is 8.76. The Labute approximate surface area is 303 Å². The highest BCUT2D eigenvalue weighted by molar-refractivity contribution is 6.32. The van der Waals surface area contributed by atoms with Gasteiger partial charge in [-0.2, -0.15) is 0 Å². The van der Waals surface area contributed by atoms with E-state index >= 15 is 0 Å². The van der Waals surface area contributed by atoms with Crippen molar-refractivity contribution in [1.82, 2.24) is 9.97 Å². The molecule has 0 fully saturated rings. The fraction of sp³-hybridized carbons (Fsp3) is 0. The second-order valence-corrected chi connectivity index (χ2v) is 14.1. The van der Waals surface area contributed by atoms with Crippen LogP contribution in [0, 0.1) is 0 Å². The summed E-state index contributed by atoms with van der Waals surface area (Å²) >= 11 is 0. The van der Waals surface area contributed by atoms with Crippen molar-refractivity contribution in [2.45, 2.75) is 0 Å². The third-order valence-corrected chi connectivity index (χ3v) is 11.2. The normalized spacial score (nSPS) is 12.2. The van der Waals surface area contributed by atoms with Crippen molar-refractivity contribution in [2.24, 2.45) is 0 Å². The topological polar surface area (TPSA) is 38.9 Å². The molecule has 0 N–H and O–H groups in total. The van der Waals surface area contributed by atoms with Gasteiger partial charge in [-0.3, -0.25) is 0 Å². The first-order valence-electron chi connectivity index (χ1n) is 18.1. The molecule has 12 rings (SSSR count). The quantitative estimate of drug-likeness (QED) is 0.172. The van der Waals surface area contributed by atoms with Crippen LogP contribution in [0.1, 0.15) is 0 Å². The van der Waals surface area contributed by atoms with Crippen molar-refractivity contribution in [3.05, 3.63) is 170 Å². The standard InChI is InChI=1S/C50H28N2O/c1-2-11-30(12-3-1)43-24-21-31-18-19-32-22-25-44(52-50(32)49(31)51-43)41-28-46-48(38-23-20-29-10-4-5-13-33(29)47(38)41)42-26-39-36-16-8-6-14-34(36)35-15-7-9-17-37(35)40(39)27-45(42)53-46/h1-28H. The summed E-state index contributed by atoms with van der Waals surface area (Å²) in [7, 11) is 0. The van der Waals surface area contributed by atoms with Gasteiger partial charge in [0.05, 0.1) is 22.4 Å². The molecule has 0 radical (unpaired) electrons. The molecule has 0 saturated heterocycles. The van der Waals surface area contributed by atoms with E-state index in [0.717, 1.165) is 71.6 Å². The Morgan fingerprint density at radius 3 is 1.58 bits per heavy atom. The lowest BCUT2D eigenvalue weighted by atomic mass is 9.91. The van der Waals surface area contributed by atoms with Crippen molar-refractivity contribution in [2.75, 3.05) is 0 Å². The summed E-state index contributed by atoms with van der Waals surface area (Å²) in [6.07, 6.45) is 0. The second-order valence-electron chi connectivity index (χ2n) is 14.1. The van der Waals surface area contributed by atoms with Gasteiger partial charge in [0.2, 0.25) is 0 Å². The van der Waals surface area contributed by atoms with E-state index in [4.69, 9.17) is 14.4 Å². The molecule has 0 spiro atoms. The van der Waals surface area contributed by atoms with Gasteiger partial charge < -0.3 is 4.42 Å². The molecule has 3 heterocycles. The SMILES string of the molecule is c1ccc(-c2ccc3ccc4ccc(-c5cc6oc7cc8c9ccccc9c9ccccc9c8cc7c6c6ccc7ccccc7c56)nc4c3n2)cc1. The number of nitrogens with zero attached hydrogens (tertiary/aromatic N) is 2. The van der Waals surface area contributed by atoms with E-state index in [1.165, 1.54) is 48.5 Å². The largest absolute Gasteiger partial charge is 0.456 e. The van der Waals surface area contributed by atoms with E-state index in [9.17, 15) is 0 Å². The lowest BCUT2D eigenvalue weighted by Crippen LogP contribution is -1.92. The number of aromatic nitrogens is 2. The number of hydrogen-bond acceptors (Lipinski definition) is 3. The highest BCUT2D eigenvalue weighted by Crippen LogP contribution is 2.45. The molecule has 244 valence electrons. The van der Waals surface area contributed by atoms with Crippen LogP contribution in [0.15, 0.2) is 174 Å². The molecule has 0 aliphatic rings. The van der Waals surface area contributed by atoms with E-state index in [2.05, 4.69) is 164 Å². The molecule has 3 aromatic heterocycles. The molecular formula is C50H28N2O. The Hall–Kier alpha value is -7.10. The number of furan rings is 1. The maximum atomic E-state index is 6.89. The van der Waals surface area contributed by atoms with Crippen molar-refractivity contribution in [3.8, 4) is 22.5 Å². The Morgan fingerprint density at radius 2 is 0.868 bits per heavy atom.